The van der Waals surface area contributed by atoms with Crippen molar-refractivity contribution in [3.8, 4) is 0 Å². The van der Waals surface area contributed by atoms with Crippen LogP contribution in [-0.4, -0.2) is 110 Å². The Morgan fingerprint density at radius 3 is 1.88 bits per heavy atom. The standard InChI is InChI=1S/C19H35N5O2/c25-18(24-11-6-20-7-12-24)5-10-21-13-15-22(16-14-21)17-19(26)23-8-3-1-2-4-9-23/h20H,1-17H2. The Morgan fingerprint density at radius 1 is 0.654 bits per heavy atom. The van der Waals surface area contributed by atoms with Gasteiger partial charge in [0.25, 0.3) is 0 Å². The lowest BCUT2D eigenvalue weighted by atomic mass is 10.2. The lowest BCUT2D eigenvalue weighted by molar-refractivity contribution is -0.132. The molecule has 26 heavy (non-hydrogen) atoms. The minimum absolute atomic E-state index is 0.283. The Hall–Kier alpha value is -1.18. The summed E-state index contributed by atoms with van der Waals surface area (Å²) >= 11 is 0. The van der Waals surface area contributed by atoms with Gasteiger partial charge in [-0.3, -0.25) is 14.5 Å². The van der Waals surface area contributed by atoms with E-state index < -0.39 is 0 Å². The van der Waals surface area contributed by atoms with E-state index in [-0.39, 0.29) is 5.91 Å². The highest BCUT2D eigenvalue weighted by molar-refractivity contribution is 5.78. The molecule has 0 spiro atoms. The van der Waals surface area contributed by atoms with Crippen molar-refractivity contribution in [1.82, 2.24) is 24.9 Å². The number of rotatable bonds is 5. The van der Waals surface area contributed by atoms with Crippen molar-refractivity contribution >= 4 is 11.8 Å². The van der Waals surface area contributed by atoms with Gasteiger partial charge in [-0.25, -0.2) is 0 Å². The van der Waals surface area contributed by atoms with Gasteiger partial charge in [0.15, 0.2) is 0 Å². The molecule has 3 aliphatic heterocycles. The molecule has 0 aromatic heterocycles. The number of hydrogen-bond donors (Lipinski definition) is 1. The molecule has 1 N–H and O–H groups in total. The number of piperazine rings is 2. The van der Waals surface area contributed by atoms with E-state index in [4.69, 9.17) is 0 Å². The van der Waals surface area contributed by atoms with E-state index in [0.29, 0.717) is 18.9 Å². The van der Waals surface area contributed by atoms with Crippen LogP contribution >= 0.6 is 0 Å². The van der Waals surface area contributed by atoms with Crippen molar-refractivity contribution in [1.29, 1.82) is 0 Å². The lowest BCUT2D eigenvalue weighted by Crippen LogP contribution is -2.51. The maximum atomic E-state index is 12.5. The first-order chi connectivity index (χ1) is 12.7. The molecule has 3 heterocycles. The van der Waals surface area contributed by atoms with Gasteiger partial charge in [0.1, 0.15) is 0 Å². The van der Waals surface area contributed by atoms with E-state index in [9.17, 15) is 9.59 Å². The Bertz CT molecular complexity index is 451. The van der Waals surface area contributed by atoms with Crippen LogP contribution in [0.15, 0.2) is 0 Å². The lowest BCUT2D eigenvalue weighted by Gasteiger charge is -2.35. The summed E-state index contributed by atoms with van der Waals surface area (Å²) in [5.74, 6) is 0.583. The van der Waals surface area contributed by atoms with Gasteiger partial charge in [0.2, 0.25) is 11.8 Å². The number of amides is 2. The first-order valence-corrected chi connectivity index (χ1v) is 10.4. The molecule has 0 radical (unpaired) electrons. The van der Waals surface area contributed by atoms with Gasteiger partial charge in [-0.05, 0) is 12.8 Å². The van der Waals surface area contributed by atoms with E-state index in [1.54, 1.807) is 0 Å². The SMILES string of the molecule is O=C(CCN1CCN(CC(=O)N2CCCCCC2)CC1)N1CCNCC1. The van der Waals surface area contributed by atoms with E-state index in [1.807, 2.05) is 4.90 Å². The third-order valence-electron chi connectivity index (χ3n) is 5.89. The van der Waals surface area contributed by atoms with Crippen molar-refractivity contribution in [3.05, 3.63) is 0 Å². The predicted octanol–water partition coefficient (Wildman–Crippen LogP) is -0.171. The summed E-state index contributed by atoms with van der Waals surface area (Å²) in [7, 11) is 0. The fraction of sp³-hybridized carbons (Fsp3) is 0.895. The molecule has 0 saturated carbocycles. The molecule has 3 aliphatic rings. The van der Waals surface area contributed by atoms with E-state index >= 15 is 0 Å². The van der Waals surface area contributed by atoms with Crippen LogP contribution in [0.1, 0.15) is 32.1 Å². The van der Waals surface area contributed by atoms with Crippen molar-refractivity contribution in [2.45, 2.75) is 32.1 Å². The van der Waals surface area contributed by atoms with Gasteiger partial charge >= 0.3 is 0 Å². The van der Waals surface area contributed by atoms with E-state index in [2.05, 4.69) is 20.0 Å². The topological polar surface area (TPSA) is 59.1 Å². The molecule has 3 rings (SSSR count). The van der Waals surface area contributed by atoms with Gasteiger partial charge in [-0.2, -0.15) is 0 Å². The second-order valence-corrected chi connectivity index (χ2v) is 7.79. The van der Waals surface area contributed by atoms with Gasteiger partial charge in [0, 0.05) is 78.4 Å². The summed E-state index contributed by atoms with van der Waals surface area (Å²) in [6.45, 7) is 10.6. The summed E-state index contributed by atoms with van der Waals surface area (Å²) < 4.78 is 0. The smallest absolute Gasteiger partial charge is 0.236 e. The van der Waals surface area contributed by atoms with Gasteiger partial charge in [0.05, 0.1) is 6.54 Å². The molecule has 0 atom stereocenters. The molecule has 2 amide bonds. The molecular formula is C19H35N5O2. The molecule has 3 saturated heterocycles. The number of carbonyl (C=O) groups excluding carboxylic acids is 2. The first kappa shape index (κ1) is 19.6. The summed E-state index contributed by atoms with van der Waals surface area (Å²) in [4.78, 5) is 33.5. The van der Waals surface area contributed by atoms with Crippen LogP contribution in [0.3, 0.4) is 0 Å². The summed E-state index contributed by atoms with van der Waals surface area (Å²) in [5.41, 5.74) is 0. The minimum atomic E-state index is 0.283. The fourth-order valence-electron chi connectivity index (χ4n) is 4.11. The number of nitrogens with zero attached hydrogens (tertiary/aromatic N) is 4. The average molecular weight is 366 g/mol. The highest BCUT2D eigenvalue weighted by Crippen LogP contribution is 2.11. The molecule has 0 aromatic carbocycles. The van der Waals surface area contributed by atoms with Crippen molar-refractivity contribution in [2.75, 3.05) is 78.5 Å². The van der Waals surface area contributed by atoms with Crippen molar-refractivity contribution in [3.63, 3.8) is 0 Å². The molecular weight excluding hydrogens is 330 g/mol. The largest absolute Gasteiger partial charge is 0.342 e. The van der Waals surface area contributed by atoms with Gasteiger partial charge < -0.3 is 20.0 Å². The van der Waals surface area contributed by atoms with Crippen LogP contribution in [0.25, 0.3) is 0 Å². The van der Waals surface area contributed by atoms with Crippen LogP contribution in [-0.2, 0) is 9.59 Å². The molecule has 7 heteroatoms. The highest BCUT2D eigenvalue weighted by atomic mass is 16.2. The maximum absolute atomic E-state index is 12.5. The van der Waals surface area contributed by atoms with Crippen molar-refractivity contribution in [2.24, 2.45) is 0 Å². The molecule has 148 valence electrons. The van der Waals surface area contributed by atoms with Crippen LogP contribution in [0, 0.1) is 0 Å². The minimum Gasteiger partial charge on any atom is -0.342 e. The Labute approximate surface area is 157 Å². The number of nitrogens with one attached hydrogen (secondary N) is 1. The summed E-state index contributed by atoms with van der Waals surface area (Å²) in [5, 5.41) is 3.28. The van der Waals surface area contributed by atoms with Crippen LogP contribution in [0.4, 0.5) is 0 Å². The van der Waals surface area contributed by atoms with Crippen molar-refractivity contribution < 1.29 is 9.59 Å². The third-order valence-corrected chi connectivity index (χ3v) is 5.89. The maximum Gasteiger partial charge on any atom is 0.236 e. The quantitative estimate of drug-likeness (QED) is 0.733. The molecule has 7 nitrogen and oxygen atoms in total. The van der Waals surface area contributed by atoms with E-state index in [1.165, 1.54) is 12.8 Å². The zero-order chi connectivity index (χ0) is 18.2. The van der Waals surface area contributed by atoms with Crippen LogP contribution in [0.5, 0.6) is 0 Å². The van der Waals surface area contributed by atoms with Gasteiger partial charge in [-0.1, -0.05) is 12.8 Å². The second kappa shape index (κ2) is 10.2. The first-order valence-electron chi connectivity index (χ1n) is 10.4. The molecule has 0 unspecified atom stereocenters. The molecule has 0 aliphatic carbocycles. The Balaban J connectivity index is 1.32. The highest BCUT2D eigenvalue weighted by Gasteiger charge is 2.23. The predicted molar refractivity (Wildman–Crippen MR) is 102 cm³/mol. The second-order valence-electron chi connectivity index (χ2n) is 7.79. The summed E-state index contributed by atoms with van der Waals surface area (Å²) in [6.07, 6.45) is 5.44. The molecule has 3 fully saturated rings. The van der Waals surface area contributed by atoms with Crippen LogP contribution in [0.2, 0.25) is 0 Å². The Kier molecular flexibility index (Phi) is 7.70. The van der Waals surface area contributed by atoms with Crippen LogP contribution < -0.4 is 5.32 Å². The van der Waals surface area contributed by atoms with Gasteiger partial charge in [-0.15, -0.1) is 0 Å². The number of hydrogen-bond acceptors (Lipinski definition) is 5. The number of likely N-dealkylation sites (tertiary alicyclic amines) is 1. The monoisotopic (exact) mass is 365 g/mol. The summed E-state index contributed by atoms with van der Waals surface area (Å²) in [6, 6.07) is 0. The number of carbonyl (C=O) groups is 2. The zero-order valence-electron chi connectivity index (χ0n) is 16.1. The molecule has 0 aromatic rings. The fourth-order valence-corrected chi connectivity index (χ4v) is 4.11. The normalized spacial score (nSPS) is 23.7. The Morgan fingerprint density at radius 2 is 1.23 bits per heavy atom. The van der Waals surface area contributed by atoms with E-state index in [0.717, 1.165) is 84.8 Å². The molecule has 0 bridgehead atoms. The average Bonchev–Trinajstić information content (AvgIpc) is 2.97. The zero-order valence-corrected chi connectivity index (χ0v) is 16.1. The third kappa shape index (κ3) is 5.93.